The van der Waals surface area contributed by atoms with Gasteiger partial charge in [-0.25, -0.2) is 0 Å². The van der Waals surface area contributed by atoms with Crippen molar-refractivity contribution in [2.75, 3.05) is 11.9 Å². The van der Waals surface area contributed by atoms with Gasteiger partial charge >= 0.3 is 0 Å². The van der Waals surface area contributed by atoms with E-state index in [9.17, 15) is 4.79 Å². The molecule has 1 N–H and O–H groups in total. The summed E-state index contributed by atoms with van der Waals surface area (Å²) in [4.78, 5) is 12.8. The Morgan fingerprint density at radius 2 is 1.93 bits per heavy atom. The van der Waals surface area contributed by atoms with Crippen LogP contribution in [0.2, 0.25) is 0 Å². The van der Waals surface area contributed by atoms with Crippen LogP contribution in [-0.2, 0) is 11.3 Å². The molecular weight excluding hydrogens is 384 g/mol. The first kappa shape index (κ1) is 20.7. The smallest absolute Gasteiger partial charge is 0.237 e. The van der Waals surface area contributed by atoms with Crippen molar-refractivity contribution in [3.8, 4) is 17.1 Å². The molecule has 2 aromatic carbocycles. The van der Waals surface area contributed by atoms with Crippen LogP contribution >= 0.6 is 11.8 Å². The van der Waals surface area contributed by atoms with Crippen LogP contribution < -0.4 is 10.1 Å². The van der Waals surface area contributed by atoms with Crippen molar-refractivity contribution in [1.82, 2.24) is 14.8 Å². The average Bonchev–Trinajstić information content (AvgIpc) is 3.13. The van der Waals surface area contributed by atoms with Gasteiger partial charge in [-0.2, -0.15) is 0 Å². The second-order valence-corrected chi connectivity index (χ2v) is 7.56. The number of thioether (sulfide) groups is 1. The van der Waals surface area contributed by atoms with Gasteiger partial charge in [-0.15, -0.1) is 16.8 Å². The quantitative estimate of drug-likeness (QED) is 0.412. The van der Waals surface area contributed by atoms with Crippen molar-refractivity contribution >= 4 is 23.4 Å². The number of hydrogen-bond donors (Lipinski definition) is 1. The molecule has 0 bridgehead atoms. The molecule has 0 spiro atoms. The lowest BCUT2D eigenvalue weighted by molar-refractivity contribution is -0.115. The zero-order valence-electron chi connectivity index (χ0n) is 16.5. The first-order valence-corrected chi connectivity index (χ1v) is 10.3. The minimum Gasteiger partial charge on any atom is -0.492 e. The van der Waals surface area contributed by atoms with E-state index >= 15 is 0 Å². The monoisotopic (exact) mass is 408 g/mol. The maximum absolute atomic E-state index is 12.8. The summed E-state index contributed by atoms with van der Waals surface area (Å²) in [5.74, 6) is 1.28. The van der Waals surface area contributed by atoms with Gasteiger partial charge < -0.3 is 10.1 Å². The van der Waals surface area contributed by atoms with Gasteiger partial charge in [-0.05, 0) is 26.0 Å². The van der Waals surface area contributed by atoms with E-state index in [-0.39, 0.29) is 11.2 Å². The van der Waals surface area contributed by atoms with E-state index in [0.29, 0.717) is 29.7 Å². The highest BCUT2D eigenvalue weighted by molar-refractivity contribution is 8.00. The summed E-state index contributed by atoms with van der Waals surface area (Å²) in [5.41, 5.74) is 1.63. The van der Waals surface area contributed by atoms with Gasteiger partial charge in [0.25, 0.3) is 0 Å². The lowest BCUT2D eigenvalue weighted by Gasteiger charge is -2.15. The van der Waals surface area contributed by atoms with E-state index < -0.39 is 0 Å². The molecule has 1 atom stereocenters. The molecule has 150 valence electrons. The number of aromatic nitrogens is 3. The Labute approximate surface area is 175 Å². The second kappa shape index (κ2) is 9.93. The number of amides is 1. The molecule has 29 heavy (non-hydrogen) atoms. The molecule has 0 aliphatic heterocycles. The van der Waals surface area contributed by atoms with E-state index in [1.54, 1.807) is 6.08 Å². The summed E-state index contributed by atoms with van der Waals surface area (Å²) in [6.07, 6.45) is 1.79. The molecule has 1 amide bonds. The third-order valence-electron chi connectivity index (χ3n) is 4.16. The highest BCUT2D eigenvalue weighted by Crippen LogP contribution is 2.29. The van der Waals surface area contributed by atoms with Gasteiger partial charge in [0.15, 0.2) is 11.0 Å². The molecule has 0 radical (unpaired) electrons. The normalized spacial score (nSPS) is 11.7. The van der Waals surface area contributed by atoms with Crippen molar-refractivity contribution in [3.63, 3.8) is 0 Å². The zero-order valence-corrected chi connectivity index (χ0v) is 17.4. The summed E-state index contributed by atoms with van der Waals surface area (Å²) < 4.78 is 7.54. The Kier molecular flexibility index (Phi) is 7.08. The minimum absolute atomic E-state index is 0.128. The SMILES string of the molecule is C=CCn1c(S[C@H](C)C(=O)Nc2ccccc2OCC)nnc1-c1ccccc1. The molecule has 7 heteroatoms. The summed E-state index contributed by atoms with van der Waals surface area (Å²) >= 11 is 1.36. The summed E-state index contributed by atoms with van der Waals surface area (Å²) in [6.45, 7) is 8.67. The van der Waals surface area contributed by atoms with Crippen molar-refractivity contribution in [1.29, 1.82) is 0 Å². The van der Waals surface area contributed by atoms with Gasteiger partial charge in [-0.3, -0.25) is 9.36 Å². The predicted molar refractivity (Wildman–Crippen MR) is 117 cm³/mol. The molecule has 0 saturated heterocycles. The summed E-state index contributed by atoms with van der Waals surface area (Å²) in [6, 6.07) is 17.3. The van der Waals surface area contributed by atoms with Gasteiger partial charge in [0.05, 0.1) is 17.5 Å². The molecule has 0 aliphatic rings. The van der Waals surface area contributed by atoms with Crippen molar-refractivity contribution in [2.24, 2.45) is 0 Å². The first-order valence-electron chi connectivity index (χ1n) is 9.43. The Bertz CT molecular complexity index is 972. The molecular formula is C22H24N4O2S. The van der Waals surface area contributed by atoms with Gasteiger partial charge in [-0.1, -0.05) is 60.3 Å². The Morgan fingerprint density at radius 1 is 1.21 bits per heavy atom. The summed E-state index contributed by atoms with van der Waals surface area (Å²) in [5, 5.41) is 11.9. The van der Waals surface area contributed by atoms with Crippen LogP contribution in [0.3, 0.4) is 0 Å². The minimum atomic E-state index is -0.374. The number of para-hydroxylation sites is 2. The number of ether oxygens (including phenoxy) is 1. The van der Waals surface area contributed by atoms with Gasteiger partial charge in [0.1, 0.15) is 5.75 Å². The fraction of sp³-hybridized carbons (Fsp3) is 0.227. The largest absolute Gasteiger partial charge is 0.492 e. The van der Waals surface area contributed by atoms with Gasteiger partial charge in [0, 0.05) is 12.1 Å². The number of carbonyl (C=O) groups is 1. The maximum Gasteiger partial charge on any atom is 0.237 e. The number of hydrogen-bond acceptors (Lipinski definition) is 5. The number of anilines is 1. The predicted octanol–water partition coefficient (Wildman–Crippen LogP) is 4.65. The Balaban J connectivity index is 1.77. The third kappa shape index (κ3) is 5.06. The third-order valence-corrected chi connectivity index (χ3v) is 5.24. The number of allylic oxidation sites excluding steroid dienone is 1. The first-order chi connectivity index (χ1) is 14.1. The number of nitrogens with one attached hydrogen (secondary N) is 1. The van der Waals surface area contributed by atoms with Crippen LogP contribution in [-0.4, -0.2) is 32.5 Å². The van der Waals surface area contributed by atoms with Crippen LogP contribution in [0, 0.1) is 0 Å². The Morgan fingerprint density at radius 3 is 2.66 bits per heavy atom. The molecule has 1 aromatic heterocycles. The van der Waals surface area contributed by atoms with Crippen LogP contribution in [0.15, 0.2) is 72.4 Å². The molecule has 0 fully saturated rings. The number of rotatable bonds is 9. The van der Waals surface area contributed by atoms with E-state index in [1.165, 1.54) is 11.8 Å². The van der Waals surface area contributed by atoms with Crippen molar-refractivity contribution in [2.45, 2.75) is 30.8 Å². The van der Waals surface area contributed by atoms with Crippen molar-refractivity contribution in [3.05, 3.63) is 67.3 Å². The topological polar surface area (TPSA) is 69.0 Å². The average molecular weight is 409 g/mol. The van der Waals surface area contributed by atoms with E-state index in [4.69, 9.17) is 4.74 Å². The summed E-state index contributed by atoms with van der Waals surface area (Å²) in [7, 11) is 0. The van der Waals surface area contributed by atoms with Crippen LogP contribution in [0.25, 0.3) is 11.4 Å². The zero-order chi connectivity index (χ0) is 20.6. The fourth-order valence-corrected chi connectivity index (χ4v) is 3.63. The van der Waals surface area contributed by atoms with Crippen LogP contribution in [0.1, 0.15) is 13.8 Å². The number of benzene rings is 2. The fourth-order valence-electron chi connectivity index (χ4n) is 2.77. The van der Waals surface area contributed by atoms with E-state index in [0.717, 1.165) is 11.4 Å². The van der Waals surface area contributed by atoms with Crippen molar-refractivity contribution < 1.29 is 9.53 Å². The van der Waals surface area contributed by atoms with Crippen LogP contribution in [0.4, 0.5) is 5.69 Å². The molecule has 3 rings (SSSR count). The van der Waals surface area contributed by atoms with E-state index in [1.807, 2.05) is 73.0 Å². The molecule has 0 saturated carbocycles. The molecule has 0 aliphatic carbocycles. The lowest BCUT2D eigenvalue weighted by atomic mass is 10.2. The van der Waals surface area contributed by atoms with E-state index in [2.05, 4.69) is 22.1 Å². The van der Waals surface area contributed by atoms with Crippen LogP contribution in [0.5, 0.6) is 5.75 Å². The Hall–Kier alpha value is -3.06. The number of nitrogens with zero attached hydrogens (tertiary/aromatic N) is 3. The maximum atomic E-state index is 12.8. The molecule has 1 heterocycles. The molecule has 6 nitrogen and oxygen atoms in total. The highest BCUT2D eigenvalue weighted by atomic mass is 32.2. The molecule has 3 aromatic rings. The lowest BCUT2D eigenvalue weighted by Crippen LogP contribution is -2.23. The second-order valence-electron chi connectivity index (χ2n) is 6.25. The highest BCUT2D eigenvalue weighted by Gasteiger charge is 2.21. The standard InChI is InChI=1S/C22H24N4O2S/c1-4-15-26-20(17-11-7-6-8-12-17)24-25-22(26)29-16(3)21(27)23-18-13-9-10-14-19(18)28-5-2/h4,6-14,16H,1,5,15H2,2-3H3,(H,23,27)/t16-/m1/s1. The van der Waals surface area contributed by atoms with Gasteiger partial charge in [0.2, 0.25) is 5.91 Å². The molecule has 0 unspecified atom stereocenters. The number of carbonyl (C=O) groups excluding carboxylic acids is 1.